The number of hydrogen-bond donors (Lipinski definition) is 1. The third-order valence-corrected chi connectivity index (χ3v) is 4.19. The number of aromatic nitrogens is 3. The van der Waals surface area contributed by atoms with Crippen molar-refractivity contribution in [2.45, 2.75) is 32.2 Å². The molecule has 20 heavy (non-hydrogen) atoms. The van der Waals surface area contributed by atoms with Crippen molar-refractivity contribution in [3.05, 3.63) is 18.0 Å². The van der Waals surface area contributed by atoms with E-state index in [2.05, 4.69) is 33.4 Å². The number of hydrogen-bond acceptors (Lipinski definition) is 4. The summed E-state index contributed by atoms with van der Waals surface area (Å²) in [6, 6.07) is 2.73. The summed E-state index contributed by atoms with van der Waals surface area (Å²) in [5.41, 5.74) is 3.11. The molecule has 1 fully saturated rings. The third-order valence-electron chi connectivity index (χ3n) is 4.19. The van der Waals surface area contributed by atoms with Gasteiger partial charge in [-0.05, 0) is 52.4 Å². The maximum atomic E-state index is 4.53. The first-order chi connectivity index (χ1) is 9.63. The Morgan fingerprint density at radius 3 is 2.95 bits per heavy atom. The summed E-state index contributed by atoms with van der Waals surface area (Å²) in [6.07, 6.45) is 5.61. The molecule has 1 saturated heterocycles. The molecule has 3 rings (SSSR count). The molecule has 0 aliphatic carbocycles. The van der Waals surface area contributed by atoms with Gasteiger partial charge < -0.3 is 10.2 Å². The van der Waals surface area contributed by atoms with Gasteiger partial charge in [-0.25, -0.2) is 4.98 Å². The molecule has 2 aromatic heterocycles. The first-order valence-electron chi connectivity index (χ1n) is 7.38. The lowest BCUT2D eigenvalue weighted by Gasteiger charge is -2.17. The van der Waals surface area contributed by atoms with Crippen LogP contribution in [-0.4, -0.2) is 45.8 Å². The van der Waals surface area contributed by atoms with Crippen LogP contribution in [0.4, 0.5) is 5.69 Å². The third kappa shape index (κ3) is 2.63. The van der Waals surface area contributed by atoms with Crippen molar-refractivity contribution in [3.8, 4) is 0 Å². The van der Waals surface area contributed by atoms with E-state index in [0.717, 1.165) is 22.4 Å². The van der Waals surface area contributed by atoms with Crippen LogP contribution in [0.2, 0.25) is 0 Å². The summed E-state index contributed by atoms with van der Waals surface area (Å²) in [5.74, 6) is 0. The van der Waals surface area contributed by atoms with Gasteiger partial charge in [0.15, 0.2) is 5.65 Å². The molecule has 2 aromatic rings. The van der Waals surface area contributed by atoms with Crippen LogP contribution in [0.5, 0.6) is 0 Å². The van der Waals surface area contributed by atoms with Crippen LogP contribution in [0.15, 0.2) is 12.3 Å². The SMILES string of the molecule is Cc1nn(C)c2ncc(NC3CCCN(C)CC3)cc12. The first kappa shape index (κ1) is 13.4. The van der Waals surface area contributed by atoms with Crippen molar-refractivity contribution in [3.63, 3.8) is 0 Å². The van der Waals surface area contributed by atoms with E-state index in [-0.39, 0.29) is 0 Å². The van der Waals surface area contributed by atoms with E-state index < -0.39 is 0 Å². The van der Waals surface area contributed by atoms with Crippen molar-refractivity contribution in [1.29, 1.82) is 0 Å². The van der Waals surface area contributed by atoms with E-state index in [9.17, 15) is 0 Å². The van der Waals surface area contributed by atoms with Gasteiger partial charge in [0.2, 0.25) is 0 Å². The van der Waals surface area contributed by atoms with Gasteiger partial charge in [-0.15, -0.1) is 0 Å². The van der Waals surface area contributed by atoms with E-state index in [0.29, 0.717) is 6.04 Å². The average molecular weight is 273 g/mol. The molecule has 1 aliphatic heterocycles. The van der Waals surface area contributed by atoms with Crippen molar-refractivity contribution >= 4 is 16.7 Å². The largest absolute Gasteiger partial charge is 0.381 e. The van der Waals surface area contributed by atoms with Crippen LogP contribution in [-0.2, 0) is 7.05 Å². The van der Waals surface area contributed by atoms with Gasteiger partial charge in [0.25, 0.3) is 0 Å². The number of nitrogens with one attached hydrogen (secondary N) is 1. The standard InChI is InChI=1S/C15H23N5/c1-11-14-9-13(10-16-15(14)20(3)18-11)17-12-5-4-7-19(2)8-6-12/h9-10,12,17H,4-8H2,1-3H3. The highest BCUT2D eigenvalue weighted by Gasteiger charge is 2.15. The van der Waals surface area contributed by atoms with Crippen LogP contribution < -0.4 is 5.32 Å². The monoisotopic (exact) mass is 273 g/mol. The molecule has 1 N–H and O–H groups in total. The molecule has 1 aliphatic rings. The lowest BCUT2D eigenvalue weighted by atomic mass is 10.1. The van der Waals surface area contributed by atoms with Crippen LogP contribution in [0.3, 0.4) is 0 Å². The molecule has 0 bridgehead atoms. The van der Waals surface area contributed by atoms with Crippen molar-refractivity contribution in [1.82, 2.24) is 19.7 Å². The van der Waals surface area contributed by atoms with E-state index in [1.165, 1.54) is 32.4 Å². The predicted octanol–water partition coefficient (Wildman–Crippen LogP) is 2.17. The van der Waals surface area contributed by atoms with Crippen molar-refractivity contribution in [2.75, 3.05) is 25.5 Å². The normalized spacial score (nSPS) is 21.1. The molecule has 0 amide bonds. The molecule has 0 saturated carbocycles. The van der Waals surface area contributed by atoms with Gasteiger partial charge in [-0.2, -0.15) is 5.10 Å². The number of pyridine rings is 1. The minimum absolute atomic E-state index is 0.552. The highest BCUT2D eigenvalue weighted by atomic mass is 15.3. The Kier molecular flexibility index (Phi) is 3.61. The Labute approximate surface area is 120 Å². The predicted molar refractivity (Wildman–Crippen MR) is 82.0 cm³/mol. The van der Waals surface area contributed by atoms with E-state index in [1.807, 2.05) is 24.9 Å². The second kappa shape index (κ2) is 5.40. The fraction of sp³-hybridized carbons (Fsp3) is 0.600. The summed E-state index contributed by atoms with van der Waals surface area (Å²) in [7, 11) is 4.14. The van der Waals surface area contributed by atoms with Gasteiger partial charge in [0.1, 0.15) is 0 Å². The van der Waals surface area contributed by atoms with Crippen molar-refractivity contribution in [2.24, 2.45) is 7.05 Å². The van der Waals surface area contributed by atoms with Gasteiger partial charge in [0.05, 0.1) is 17.6 Å². The molecule has 3 heterocycles. The molecule has 5 heteroatoms. The zero-order chi connectivity index (χ0) is 14.1. The van der Waals surface area contributed by atoms with Gasteiger partial charge in [-0.1, -0.05) is 0 Å². The molecule has 0 aromatic carbocycles. The smallest absolute Gasteiger partial charge is 0.157 e. The number of rotatable bonds is 2. The highest BCUT2D eigenvalue weighted by Crippen LogP contribution is 2.21. The van der Waals surface area contributed by atoms with Crippen LogP contribution in [0, 0.1) is 6.92 Å². The molecule has 0 radical (unpaired) electrons. The van der Waals surface area contributed by atoms with Crippen LogP contribution >= 0.6 is 0 Å². The number of anilines is 1. The van der Waals surface area contributed by atoms with Crippen LogP contribution in [0.1, 0.15) is 25.0 Å². The Morgan fingerprint density at radius 1 is 1.25 bits per heavy atom. The summed E-state index contributed by atoms with van der Waals surface area (Å²) < 4.78 is 1.84. The maximum absolute atomic E-state index is 4.53. The van der Waals surface area contributed by atoms with E-state index in [1.54, 1.807) is 0 Å². The molecule has 1 atom stereocenters. The number of nitrogens with zero attached hydrogens (tertiary/aromatic N) is 4. The second-order valence-corrected chi connectivity index (χ2v) is 5.88. The molecule has 1 unspecified atom stereocenters. The molecule has 108 valence electrons. The zero-order valence-corrected chi connectivity index (χ0v) is 12.6. The summed E-state index contributed by atoms with van der Waals surface area (Å²) in [5, 5.41) is 9.21. The first-order valence-corrected chi connectivity index (χ1v) is 7.38. The molecule has 5 nitrogen and oxygen atoms in total. The van der Waals surface area contributed by atoms with Crippen molar-refractivity contribution < 1.29 is 0 Å². The quantitative estimate of drug-likeness (QED) is 0.911. The molecular formula is C15H23N5. The fourth-order valence-corrected chi connectivity index (χ4v) is 3.01. The van der Waals surface area contributed by atoms with E-state index in [4.69, 9.17) is 0 Å². The Hall–Kier alpha value is -1.62. The number of likely N-dealkylation sites (tertiary alicyclic amines) is 1. The molecular weight excluding hydrogens is 250 g/mol. The Bertz CT molecular complexity index is 604. The highest BCUT2D eigenvalue weighted by molar-refractivity contribution is 5.81. The number of aryl methyl sites for hydroxylation is 2. The maximum Gasteiger partial charge on any atom is 0.157 e. The zero-order valence-electron chi connectivity index (χ0n) is 12.6. The minimum atomic E-state index is 0.552. The summed E-state index contributed by atoms with van der Waals surface area (Å²) >= 11 is 0. The molecule has 0 spiro atoms. The minimum Gasteiger partial charge on any atom is -0.381 e. The Balaban J connectivity index is 1.78. The topological polar surface area (TPSA) is 46.0 Å². The van der Waals surface area contributed by atoms with E-state index >= 15 is 0 Å². The Morgan fingerprint density at radius 2 is 2.10 bits per heavy atom. The summed E-state index contributed by atoms with van der Waals surface area (Å²) in [6.45, 7) is 4.41. The second-order valence-electron chi connectivity index (χ2n) is 5.88. The van der Waals surface area contributed by atoms with Gasteiger partial charge >= 0.3 is 0 Å². The lowest BCUT2D eigenvalue weighted by Crippen LogP contribution is -2.23. The fourth-order valence-electron chi connectivity index (χ4n) is 3.01. The van der Waals surface area contributed by atoms with Crippen LogP contribution in [0.25, 0.3) is 11.0 Å². The lowest BCUT2D eigenvalue weighted by molar-refractivity contribution is 0.348. The average Bonchev–Trinajstić information content (AvgIpc) is 2.59. The van der Waals surface area contributed by atoms with Gasteiger partial charge in [-0.3, -0.25) is 4.68 Å². The summed E-state index contributed by atoms with van der Waals surface area (Å²) in [4.78, 5) is 6.94. The van der Waals surface area contributed by atoms with Gasteiger partial charge in [0, 0.05) is 18.5 Å². The number of fused-ring (bicyclic) bond motifs is 1.